The zero-order valence-corrected chi connectivity index (χ0v) is 18.3. The summed E-state index contributed by atoms with van der Waals surface area (Å²) in [6.45, 7) is 7.69. The molecule has 3 heterocycles. The first-order valence-corrected chi connectivity index (χ1v) is 11.4. The lowest BCUT2D eigenvalue weighted by Crippen LogP contribution is -2.31. The summed E-state index contributed by atoms with van der Waals surface area (Å²) in [6.07, 6.45) is 7.12. The number of fused-ring (bicyclic) bond motifs is 2. The van der Waals surface area contributed by atoms with Crippen LogP contribution >= 0.6 is 0 Å². The van der Waals surface area contributed by atoms with Gasteiger partial charge in [-0.15, -0.1) is 0 Å². The monoisotopic (exact) mass is 432 g/mol. The van der Waals surface area contributed by atoms with E-state index in [4.69, 9.17) is 4.74 Å². The summed E-state index contributed by atoms with van der Waals surface area (Å²) in [7, 11) is 0. The fraction of sp³-hybridized carbons (Fsp3) is 0.346. The van der Waals surface area contributed by atoms with E-state index in [1.807, 2.05) is 12.3 Å². The molecule has 6 heteroatoms. The van der Waals surface area contributed by atoms with Crippen LogP contribution in [0, 0.1) is 5.82 Å². The summed E-state index contributed by atoms with van der Waals surface area (Å²) in [5.74, 6) is 0.676. The minimum absolute atomic E-state index is 0.239. The van der Waals surface area contributed by atoms with Crippen LogP contribution in [0.5, 0.6) is 5.75 Å². The molecular weight excluding hydrogens is 403 g/mol. The van der Waals surface area contributed by atoms with Gasteiger partial charge in [0.05, 0.1) is 18.0 Å². The predicted molar refractivity (Wildman–Crippen MR) is 125 cm³/mol. The highest BCUT2D eigenvalue weighted by molar-refractivity contribution is 5.60. The number of halogens is 1. The SMILES string of the molecule is C=C1CCc2ccc(OCCCCN3CCc4nn(-c5cccc(F)c5)cc4C3)cc2N1. The Balaban J connectivity index is 1.08. The van der Waals surface area contributed by atoms with Gasteiger partial charge in [-0.25, -0.2) is 9.07 Å². The van der Waals surface area contributed by atoms with E-state index in [1.165, 1.54) is 23.3 Å². The van der Waals surface area contributed by atoms with E-state index in [-0.39, 0.29) is 5.82 Å². The van der Waals surface area contributed by atoms with Crippen LogP contribution in [0.1, 0.15) is 36.1 Å². The molecule has 1 aromatic heterocycles. The molecule has 166 valence electrons. The van der Waals surface area contributed by atoms with Crippen molar-refractivity contribution in [3.63, 3.8) is 0 Å². The summed E-state index contributed by atoms with van der Waals surface area (Å²) >= 11 is 0. The van der Waals surface area contributed by atoms with Crippen molar-refractivity contribution in [3.05, 3.63) is 83.6 Å². The second-order valence-electron chi connectivity index (χ2n) is 8.65. The number of allylic oxidation sites excluding steroid dienone is 1. The molecular formula is C26H29FN4O. The van der Waals surface area contributed by atoms with E-state index in [0.29, 0.717) is 0 Å². The number of unbranched alkanes of at least 4 members (excludes halogenated alkanes) is 1. The molecule has 2 aliphatic rings. The summed E-state index contributed by atoms with van der Waals surface area (Å²) in [4.78, 5) is 2.47. The van der Waals surface area contributed by atoms with Crippen LogP contribution in [-0.4, -0.2) is 34.4 Å². The Morgan fingerprint density at radius 3 is 2.91 bits per heavy atom. The van der Waals surface area contributed by atoms with Crippen LogP contribution in [0.4, 0.5) is 10.1 Å². The van der Waals surface area contributed by atoms with Crippen LogP contribution in [0.3, 0.4) is 0 Å². The maximum Gasteiger partial charge on any atom is 0.125 e. The summed E-state index contributed by atoms with van der Waals surface area (Å²) < 4.78 is 21.3. The molecule has 0 saturated carbocycles. The van der Waals surface area contributed by atoms with Crippen molar-refractivity contribution in [2.24, 2.45) is 0 Å². The van der Waals surface area contributed by atoms with E-state index >= 15 is 0 Å². The maximum absolute atomic E-state index is 13.5. The standard InChI is InChI=1S/C26H29FN4O/c1-19-7-8-20-9-10-24(16-26(20)28-19)32-14-3-2-12-30-13-11-25-21(17-30)18-31(29-25)23-6-4-5-22(27)15-23/h4-6,9-10,15-16,18,28H,1-3,7-8,11-14,17H2. The highest BCUT2D eigenvalue weighted by atomic mass is 19.1. The highest BCUT2D eigenvalue weighted by Gasteiger charge is 2.20. The van der Waals surface area contributed by atoms with E-state index in [2.05, 4.69) is 40.1 Å². The number of hydrogen-bond donors (Lipinski definition) is 1. The number of benzene rings is 2. The number of ether oxygens (including phenoxy) is 1. The first-order valence-electron chi connectivity index (χ1n) is 11.4. The zero-order chi connectivity index (χ0) is 21.9. The lowest BCUT2D eigenvalue weighted by molar-refractivity contribution is 0.234. The average molecular weight is 433 g/mol. The van der Waals surface area contributed by atoms with Gasteiger partial charge in [0.2, 0.25) is 0 Å². The fourth-order valence-corrected chi connectivity index (χ4v) is 4.46. The maximum atomic E-state index is 13.5. The van der Waals surface area contributed by atoms with Gasteiger partial charge in [0.1, 0.15) is 11.6 Å². The molecule has 0 bridgehead atoms. The van der Waals surface area contributed by atoms with Crippen molar-refractivity contribution < 1.29 is 9.13 Å². The Bertz CT molecular complexity index is 1120. The van der Waals surface area contributed by atoms with E-state index in [0.717, 1.165) is 86.9 Å². The highest BCUT2D eigenvalue weighted by Crippen LogP contribution is 2.29. The van der Waals surface area contributed by atoms with Gasteiger partial charge in [-0.1, -0.05) is 18.7 Å². The van der Waals surface area contributed by atoms with Crippen LogP contribution in [0.2, 0.25) is 0 Å². The Labute approximate surface area is 188 Å². The molecule has 32 heavy (non-hydrogen) atoms. The Kier molecular flexibility index (Phi) is 5.95. The molecule has 0 unspecified atom stereocenters. The van der Waals surface area contributed by atoms with Crippen molar-refractivity contribution in [3.8, 4) is 11.4 Å². The van der Waals surface area contributed by atoms with Crippen LogP contribution < -0.4 is 10.1 Å². The van der Waals surface area contributed by atoms with Crippen molar-refractivity contribution in [1.82, 2.24) is 14.7 Å². The third-order valence-electron chi connectivity index (χ3n) is 6.24. The topological polar surface area (TPSA) is 42.3 Å². The normalized spacial score (nSPS) is 15.7. The molecule has 0 aliphatic carbocycles. The number of nitrogens with zero attached hydrogens (tertiary/aromatic N) is 3. The third kappa shape index (κ3) is 4.70. The van der Waals surface area contributed by atoms with Gasteiger partial charge in [0.25, 0.3) is 0 Å². The summed E-state index contributed by atoms with van der Waals surface area (Å²) in [5.41, 5.74) is 6.65. The Hall–Kier alpha value is -3.12. The smallest absolute Gasteiger partial charge is 0.125 e. The lowest BCUT2D eigenvalue weighted by atomic mass is 10.0. The molecule has 2 aromatic carbocycles. The molecule has 3 aromatic rings. The lowest BCUT2D eigenvalue weighted by Gasteiger charge is -2.25. The average Bonchev–Trinajstić information content (AvgIpc) is 3.22. The van der Waals surface area contributed by atoms with Gasteiger partial charge >= 0.3 is 0 Å². The zero-order valence-electron chi connectivity index (χ0n) is 18.3. The molecule has 5 nitrogen and oxygen atoms in total. The fourth-order valence-electron chi connectivity index (χ4n) is 4.46. The van der Waals surface area contributed by atoms with E-state index in [1.54, 1.807) is 10.7 Å². The van der Waals surface area contributed by atoms with Gasteiger partial charge in [0.15, 0.2) is 0 Å². The largest absolute Gasteiger partial charge is 0.494 e. The molecule has 0 atom stereocenters. The van der Waals surface area contributed by atoms with Gasteiger partial charge in [-0.05, 0) is 62.1 Å². The molecule has 1 N–H and O–H groups in total. The van der Waals surface area contributed by atoms with E-state index < -0.39 is 0 Å². The Morgan fingerprint density at radius 2 is 2.00 bits per heavy atom. The van der Waals surface area contributed by atoms with Crippen molar-refractivity contribution >= 4 is 5.69 Å². The molecule has 0 spiro atoms. The summed E-state index contributed by atoms with van der Waals surface area (Å²) in [6, 6.07) is 12.9. The molecule has 0 fully saturated rings. The number of hydrogen-bond acceptors (Lipinski definition) is 4. The van der Waals surface area contributed by atoms with Gasteiger partial charge in [0, 0.05) is 48.7 Å². The Morgan fingerprint density at radius 1 is 1.06 bits per heavy atom. The molecule has 0 radical (unpaired) electrons. The first kappa shape index (κ1) is 20.8. The second kappa shape index (κ2) is 9.17. The number of aromatic nitrogens is 2. The van der Waals surface area contributed by atoms with Gasteiger partial charge < -0.3 is 10.1 Å². The van der Waals surface area contributed by atoms with E-state index in [9.17, 15) is 4.39 Å². The van der Waals surface area contributed by atoms with Crippen molar-refractivity contribution in [2.75, 3.05) is 25.0 Å². The van der Waals surface area contributed by atoms with Crippen LogP contribution in [-0.2, 0) is 19.4 Å². The molecule has 0 amide bonds. The number of aryl methyl sites for hydroxylation is 1. The number of rotatable bonds is 7. The molecule has 2 aliphatic heterocycles. The molecule has 5 rings (SSSR count). The number of anilines is 1. The first-order chi connectivity index (χ1) is 15.6. The summed E-state index contributed by atoms with van der Waals surface area (Å²) in [5, 5.41) is 8.03. The molecule has 0 saturated heterocycles. The second-order valence-corrected chi connectivity index (χ2v) is 8.65. The van der Waals surface area contributed by atoms with Crippen molar-refractivity contribution in [2.45, 2.75) is 38.6 Å². The van der Waals surface area contributed by atoms with Crippen molar-refractivity contribution in [1.29, 1.82) is 0 Å². The van der Waals surface area contributed by atoms with Crippen LogP contribution in [0.15, 0.2) is 60.9 Å². The minimum Gasteiger partial charge on any atom is -0.494 e. The van der Waals surface area contributed by atoms with Gasteiger partial charge in [-0.3, -0.25) is 4.90 Å². The number of nitrogens with one attached hydrogen (secondary N) is 1. The third-order valence-corrected chi connectivity index (χ3v) is 6.24. The van der Waals surface area contributed by atoms with Gasteiger partial charge in [-0.2, -0.15) is 5.10 Å². The minimum atomic E-state index is -0.239. The van der Waals surface area contributed by atoms with Crippen LogP contribution in [0.25, 0.3) is 5.69 Å². The quantitative estimate of drug-likeness (QED) is 0.528. The predicted octanol–water partition coefficient (Wildman–Crippen LogP) is 5.10.